The molecule has 0 bridgehead atoms. The van der Waals surface area contributed by atoms with Crippen LogP contribution in [0, 0.1) is 12.8 Å². The van der Waals surface area contributed by atoms with Crippen molar-refractivity contribution in [2.75, 3.05) is 18.6 Å². The first-order chi connectivity index (χ1) is 12.5. The number of hydrogen-bond donors (Lipinski definition) is 2. The fraction of sp³-hybridized carbons (Fsp3) is 0.500. The normalized spacial score (nSPS) is 19.0. The Morgan fingerprint density at radius 2 is 2.08 bits per heavy atom. The van der Waals surface area contributed by atoms with Gasteiger partial charge in [0.25, 0.3) is 0 Å². The third-order valence-electron chi connectivity index (χ3n) is 4.09. The number of ether oxygens (including phenoxy) is 1. The molecule has 140 valence electrons. The molecule has 1 aliphatic rings. The fourth-order valence-corrected chi connectivity index (χ4v) is 3.90. The van der Waals surface area contributed by atoms with Crippen LogP contribution in [0.2, 0.25) is 0 Å². The number of carbonyl (C=O) groups is 1. The molecule has 3 rings (SSSR count). The van der Waals surface area contributed by atoms with Crippen molar-refractivity contribution in [1.29, 1.82) is 0 Å². The summed E-state index contributed by atoms with van der Waals surface area (Å²) in [5, 5.41) is 11.7. The first-order valence-electron chi connectivity index (χ1n) is 8.85. The number of aryl methyl sites for hydroxylation is 1. The minimum Gasteiger partial charge on any atom is -0.494 e. The third kappa shape index (κ3) is 3.95. The van der Waals surface area contributed by atoms with E-state index in [4.69, 9.17) is 4.74 Å². The number of fused-ring (bicyclic) bond motifs is 1. The van der Waals surface area contributed by atoms with Crippen molar-refractivity contribution in [2.24, 2.45) is 5.92 Å². The Bertz CT molecular complexity index is 759. The number of benzene rings is 1. The SMILES string of the molecule is CCOc1ccc(C2Nn3c(C)nnc3SC2C(=O)NCC(C)C)cc1. The van der Waals surface area contributed by atoms with Crippen LogP contribution < -0.4 is 15.5 Å². The lowest BCUT2D eigenvalue weighted by Gasteiger charge is -2.33. The van der Waals surface area contributed by atoms with Gasteiger partial charge in [-0.05, 0) is 37.5 Å². The molecule has 1 aromatic heterocycles. The highest BCUT2D eigenvalue weighted by Crippen LogP contribution is 2.37. The lowest BCUT2D eigenvalue weighted by Crippen LogP contribution is -2.44. The van der Waals surface area contributed by atoms with Gasteiger partial charge in [-0.3, -0.25) is 4.79 Å². The Labute approximate surface area is 157 Å². The van der Waals surface area contributed by atoms with Gasteiger partial charge in [0.2, 0.25) is 11.1 Å². The standard InChI is InChI=1S/C18H25N5O2S/c1-5-25-14-8-6-13(7-9-14)15-16(17(24)19-10-11(2)3)26-18-21-20-12(4)23(18)22-15/h6-9,11,15-16,22H,5,10H2,1-4H3,(H,19,24). The van der Waals surface area contributed by atoms with Gasteiger partial charge in [-0.25, -0.2) is 4.68 Å². The number of hydrogen-bond acceptors (Lipinski definition) is 6. The van der Waals surface area contributed by atoms with E-state index < -0.39 is 0 Å². The van der Waals surface area contributed by atoms with Gasteiger partial charge in [0.1, 0.15) is 16.8 Å². The van der Waals surface area contributed by atoms with Crippen LogP contribution in [0.3, 0.4) is 0 Å². The first kappa shape index (κ1) is 18.6. The van der Waals surface area contributed by atoms with Crippen molar-refractivity contribution >= 4 is 17.7 Å². The predicted octanol–water partition coefficient (Wildman–Crippen LogP) is 2.52. The summed E-state index contributed by atoms with van der Waals surface area (Å²) in [6, 6.07) is 7.67. The van der Waals surface area contributed by atoms with Gasteiger partial charge in [0, 0.05) is 6.54 Å². The number of thioether (sulfide) groups is 1. The molecule has 0 saturated heterocycles. The molecule has 26 heavy (non-hydrogen) atoms. The number of amides is 1. The monoisotopic (exact) mass is 375 g/mol. The minimum atomic E-state index is -0.331. The summed E-state index contributed by atoms with van der Waals surface area (Å²) < 4.78 is 7.37. The molecule has 1 amide bonds. The molecule has 0 fully saturated rings. The molecular weight excluding hydrogens is 350 g/mol. The number of nitrogens with zero attached hydrogens (tertiary/aromatic N) is 3. The Morgan fingerprint density at radius 1 is 1.35 bits per heavy atom. The Balaban J connectivity index is 1.87. The zero-order chi connectivity index (χ0) is 18.7. The summed E-state index contributed by atoms with van der Waals surface area (Å²) in [5.74, 6) is 1.99. The van der Waals surface area contributed by atoms with Gasteiger partial charge < -0.3 is 15.5 Å². The lowest BCUT2D eigenvalue weighted by atomic mass is 10.0. The number of nitrogens with one attached hydrogen (secondary N) is 2. The molecule has 0 spiro atoms. The van der Waals surface area contributed by atoms with Crippen LogP contribution in [0.1, 0.15) is 38.2 Å². The maximum atomic E-state index is 12.8. The van der Waals surface area contributed by atoms with E-state index in [1.54, 1.807) is 0 Å². The summed E-state index contributed by atoms with van der Waals surface area (Å²) in [4.78, 5) is 12.8. The van der Waals surface area contributed by atoms with Crippen molar-refractivity contribution in [2.45, 2.75) is 44.1 Å². The fourth-order valence-electron chi connectivity index (χ4n) is 2.75. The smallest absolute Gasteiger partial charge is 0.236 e. The molecule has 1 aliphatic heterocycles. The average molecular weight is 375 g/mol. The average Bonchev–Trinajstić information content (AvgIpc) is 3.00. The van der Waals surface area contributed by atoms with Gasteiger partial charge in [-0.15, -0.1) is 10.2 Å². The van der Waals surface area contributed by atoms with Gasteiger partial charge >= 0.3 is 0 Å². The molecule has 0 radical (unpaired) electrons. The Kier molecular flexibility index (Phi) is 5.70. The van der Waals surface area contributed by atoms with E-state index in [0.29, 0.717) is 24.2 Å². The molecule has 2 heterocycles. The highest BCUT2D eigenvalue weighted by atomic mass is 32.2. The first-order valence-corrected chi connectivity index (χ1v) is 9.73. The minimum absolute atomic E-state index is 0.00184. The number of carbonyl (C=O) groups excluding carboxylic acids is 1. The van der Waals surface area contributed by atoms with Gasteiger partial charge in [0.15, 0.2) is 0 Å². The van der Waals surface area contributed by atoms with Crippen LogP contribution in [0.4, 0.5) is 0 Å². The van der Waals surface area contributed by atoms with Crippen LogP contribution in [0.5, 0.6) is 5.75 Å². The second-order valence-electron chi connectivity index (χ2n) is 6.65. The molecule has 2 atom stereocenters. The van der Waals surface area contributed by atoms with Crippen molar-refractivity contribution < 1.29 is 9.53 Å². The van der Waals surface area contributed by atoms with Gasteiger partial charge in [-0.2, -0.15) is 0 Å². The maximum Gasteiger partial charge on any atom is 0.236 e. The zero-order valence-electron chi connectivity index (χ0n) is 15.5. The van der Waals surface area contributed by atoms with Crippen LogP contribution in [-0.4, -0.2) is 39.2 Å². The second-order valence-corrected chi connectivity index (χ2v) is 7.76. The quantitative estimate of drug-likeness (QED) is 0.807. The highest BCUT2D eigenvalue weighted by Gasteiger charge is 2.37. The van der Waals surface area contributed by atoms with E-state index in [2.05, 4.69) is 34.8 Å². The van der Waals surface area contributed by atoms with Crippen LogP contribution in [0.15, 0.2) is 29.4 Å². The van der Waals surface area contributed by atoms with Gasteiger partial charge in [0.05, 0.1) is 12.6 Å². The Hall–Kier alpha value is -2.22. The summed E-state index contributed by atoms with van der Waals surface area (Å²) >= 11 is 1.44. The largest absolute Gasteiger partial charge is 0.494 e. The molecule has 0 saturated carbocycles. The van der Waals surface area contributed by atoms with E-state index in [1.165, 1.54) is 11.8 Å². The maximum absolute atomic E-state index is 12.8. The topological polar surface area (TPSA) is 81.1 Å². The summed E-state index contributed by atoms with van der Waals surface area (Å²) in [6.07, 6.45) is 0. The molecule has 8 heteroatoms. The highest BCUT2D eigenvalue weighted by molar-refractivity contribution is 8.00. The molecule has 2 aromatic rings. The summed E-state index contributed by atoms with van der Waals surface area (Å²) in [6.45, 7) is 9.28. The number of rotatable bonds is 6. The van der Waals surface area contributed by atoms with E-state index in [1.807, 2.05) is 42.8 Å². The third-order valence-corrected chi connectivity index (χ3v) is 5.31. The zero-order valence-corrected chi connectivity index (χ0v) is 16.3. The second kappa shape index (κ2) is 7.99. The van der Waals surface area contributed by atoms with Crippen molar-refractivity contribution in [1.82, 2.24) is 20.2 Å². The molecule has 0 aliphatic carbocycles. The van der Waals surface area contributed by atoms with E-state index >= 15 is 0 Å². The molecule has 1 aromatic carbocycles. The number of aromatic nitrogens is 3. The van der Waals surface area contributed by atoms with Crippen LogP contribution in [-0.2, 0) is 4.79 Å². The molecule has 2 unspecified atom stereocenters. The molecule has 2 N–H and O–H groups in total. The van der Waals surface area contributed by atoms with Gasteiger partial charge in [-0.1, -0.05) is 37.7 Å². The van der Waals surface area contributed by atoms with E-state index in [-0.39, 0.29) is 17.2 Å². The summed E-state index contributed by atoms with van der Waals surface area (Å²) in [7, 11) is 0. The lowest BCUT2D eigenvalue weighted by molar-refractivity contribution is -0.121. The van der Waals surface area contributed by atoms with Crippen molar-refractivity contribution in [3.05, 3.63) is 35.7 Å². The molecule has 7 nitrogen and oxygen atoms in total. The van der Waals surface area contributed by atoms with Crippen molar-refractivity contribution in [3.63, 3.8) is 0 Å². The molecular formula is C18H25N5O2S. The van der Waals surface area contributed by atoms with Crippen molar-refractivity contribution in [3.8, 4) is 5.75 Å². The van der Waals surface area contributed by atoms with E-state index in [9.17, 15) is 4.79 Å². The summed E-state index contributed by atoms with van der Waals surface area (Å²) in [5.41, 5.74) is 4.42. The predicted molar refractivity (Wildman–Crippen MR) is 102 cm³/mol. The van der Waals surface area contributed by atoms with Crippen LogP contribution in [0.25, 0.3) is 0 Å². The Morgan fingerprint density at radius 3 is 2.73 bits per heavy atom. The van der Waals surface area contributed by atoms with E-state index in [0.717, 1.165) is 17.1 Å². The van der Waals surface area contributed by atoms with Crippen LogP contribution >= 0.6 is 11.8 Å².